The lowest BCUT2D eigenvalue weighted by Crippen LogP contribution is -2.32. The minimum atomic E-state index is -0.0320. The average Bonchev–Trinajstić information content (AvgIpc) is 2.98. The fraction of sp³-hybridized carbons (Fsp3) is 0.259. The second kappa shape index (κ2) is 9.69. The molecule has 1 aliphatic heterocycles. The summed E-state index contributed by atoms with van der Waals surface area (Å²) in [6.07, 6.45) is 1.97. The first kappa shape index (κ1) is 21.6. The highest BCUT2D eigenvalue weighted by molar-refractivity contribution is 6.20. The van der Waals surface area contributed by atoms with Gasteiger partial charge in [0.15, 0.2) is 11.5 Å². The number of likely N-dealkylation sites (N-methyl/N-ethyl adjacent to an activating group) is 1. The first-order valence-electron chi connectivity index (χ1n) is 10.9. The first-order chi connectivity index (χ1) is 15.6. The van der Waals surface area contributed by atoms with Crippen LogP contribution in [0.4, 0.5) is 5.69 Å². The molecule has 0 bridgehead atoms. The third kappa shape index (κ3) is 4.37. The number of carbonyl (C=O) groups is 1. The van der Waals surface area contributed by atoms with E-state index in [2.05, 4.69) is 48.5 Å². The number of nitrogens with zero attached hydrogens (tertiary/aromatic N) is 2. The van der Waals surface area contributed by atoms with Crippen LogP contribution in [0.5, 0.6) is 11.5 Å². The molecule has 0 unspecified atom stereocenters. The third-order valence-electron chi connectivity index (χ3n) is 5.81. The fourth-order valence-electron chi connectivity index (χ4n) is 4.09. The van der Waals surface area contributed by atoms with E-state index < -0.39 is 0 Å². The van der Waals surface area contributed by atoms with Gasteiger partial charge in [0, 0.05) is 23.7 Å². The van der Waals surface area contributed by atoms with Gasteiger partial charge in [-0.3, -0.25) is 9.79 Å². The molecule has 0 saturated heterocycles. The number of ether oxygens (including phenoxy) is 2. The molecule has 3 aromatic rings. The molecule has 1 aliphatic rings. The Bertz CT molecular complexity index is 1120. The molecule has 1 amide bonds. The zero-order chi connectivity index (χ0) is 22.5. The zero-order valence-corrected chi connectivity index (χ0v) is 18.8. The van der Waals surface area contributed by atoms with Crippen molar-refractivity contribution in [3.05, 3.63) is 89.0 Å². The van der Waals surface area contributed by atoms with Crippen molar-refractivity contribution >= 4 is 17.3 Å². The molecule has 5 nitrogen and oxygen atoms in total. The van der Waals surface area contributed by atoms with Gasteiger partial charge in [-0.25, -0.2) is 0 Å². The van der Waals surface area contributed by atoms with Crippen molar-refractivity contribution in [1.82, 2.24) is 0 Å². The molecule has 3 aromatic carbocycles. The number of amides is 1. The molecule has 32 heavy (non-hydrogen) atoms. The maximum atomic E-state index is 12.8. The summed E-state index contributed by atoms with van der Waals surface area (Å²) in [7, 11) is 3.21. The summed E-state index contributed by atoms with van der Waals surface area (Å²) >= 11 is 0. The van der Waals surface area contributed by atoms with Crippen LogP contribution in [0.1, 0.15) is 29.2 Å². The van der Waals surface area contributed by atoms with Crippen LogP contribution >= 0.6 is 0 Å². The smallest absolute Gasteiger partial charge is 0.248 e. The number of aliphatic imine (C=N–C) groups is 1. The maximum Gasteiger partial charge on any atom is 0.248 e. The Kier molecular flexibility index (Phi) is 6.55. The predicted molar refractivity (Wildman–Crippen MR) is 128 cm³/mol. The second-order valence-electron chi connectivity index (χ2n) is 7.71. The molecule has 4 rings (SSSR count). The van der Waals surface area contributed by atoms with E-state index in [1.165, 1.54) is 11.1 Å². The Labute approximate surface area is 189 Å². The van der Waals surface area contributed by atoms with Gasteiger partial charge < -0.3 is 14.4 Å². The first-order valence-corrected chi connectivity index (χ1v) is 10.9. The summed E-state index contributed by atoms with van der Waals surface area (Å²) < 4.78 is 11.0. The summed E-state index contributed by atoms with van der Waals surface area (Å²) in [5.74, 6) is 1.18. The standard InChI is InChI=1S/C27H28N2O3/c1-4-29-23-17-25(32-3)24(31-2)16-22(23)27(28-18-26(29)30)21-14-12-20(13-15-21)11-10-19-8-6-5-7-9-19/h5-9,12-17H,4,10-11,18H2,1-3H3. The van der Waals surface area contributed by atoms with Crippen LogP contribution in [-0.2, 0) is 17.6 Å². The molecule has 164 valence electrons. The predicted octanol–water partition coefficient (Wildman–Crippen LogP) is 4.69. The van der Waals surface area contributed by atoms with E-state index in [1.807, 2.05) is 25.1 Å². The SMILES string of the molecule is CCN1C(=O)CN=C(c2ccc(CCc3ccccc3)cc2)c2cc(OC)c(OC)cc21. The summed E-state index contributed by atoms with van der Waals surface area (Å²) in [5.41, 5.74) is 6.03. The van der Waals surface area contributed by atoms with Crippen LogP contribution in [0.25, 0.3) is 0 Å². The topological polar surface area (TPSA) is 51.1 Å². The van der Waals surface area contributed by atoms with E-state index in [9.17, 15) is 4.79 Å². The zero-order valence-electron chi connectivity index (χ0n) is 18.8. The molecular weight excluding hydrogens is 400 g/mol. The highest BCUT2D eigenvalue weighted by atomic mass is 16.5. The van der Waals surface area contributed by atoms with E-state index in [0.717, 1.165) is 35.4 Å². The van der Waals surface area contributed by atoms with E-state index in [4.69, 9.17) is 14.5 Å². The van der Waals surface area contributed by atoms with Crippen molar-refractivity contribution in [2.75, 3.05) is 32.2 Å². The Morgan fingerprint density at radius 1 is 0.875 bits per heavy atom. The highest BCUT2D eigenvalue weighted by Crippen LogP contribution is 2.37. The number of anilines is 1. The lowest BCUT2D eigenvalue weighted by molar-refractivity contribution is -0.117. The van der Waals surface area contributed by atoms with E-state index in [1.54, 1.807) is 19.1 Å². The summed E-state index contributed by atoms with van der Waals surface area (Å²) in [4.78, 5) is 19.2. The number of benzene rings is 3. The van der Waals surface area contributed by atoms with Crippen molar-refractivity contribution in [2.24, 2.45) is 4.99 Å². The second-order valence-corrected chi connectivity index (χ2v) is 7.71. The molecule has 0 spiro atoms. The highest BCUT2D eigenvalue weighted by Gasteiger charge is 2.26. The van der Waals surface area contributed by atoms with Crippen LogP contribution in [0.3, 0.4) is 0 Å². The van der Waals surface area contributed by atoms with Gasteiger partial charge >= 0.3 is 0 Å². The number of hydrogen-bond donors (Lipinski definition) is 0. The Morgan fingerprint density at radius 2 is 1.50 bits per heavy atom. The normalized spacial score (nSPS) is 13.3. The minimum Gasteiger partial charge on any atom is -0.493 e. The minimum absolute atomic E-state index is 0.0320. The summed E-state index contributed by atoms with van der Waals surface area (Å²) in [6, 6.07) is 22.7. The number of rotatable bonds is 7. The van der Waals surface area contributed by atoms with Crippen LogP contribution in [-0.4, -0.2) is 38.9 Å². The number of aryl methyl sites for hydroxylation is 2. The Morgan fingerprint density at radius 3 is 2.12 bits per heavy atom. The van der Waals surface area contributed by atoms with Gasteiger partial charge in [-0.2, -0.15) is 0 Å². The summed E-state index contributed by atoms with van der Waals surface area (Å²) in [6.45, 7) is 2.63. The number of fused-ring (bicyclic) bond motifs is 1. The maximum absolute atomic E-state index is 12.8. The van der Waals surface area contributed by atoms with Crippen LogP contribution in [0, 0.1) is 0 Å². The molecule has 0 atom stereocenters. The van der Waals surface area contributed by atoms with Gasteiger partial charge in [-0.05, 0) is 37.0 Å². The van der Waals surface area contributed by atoms with Crippen molar-refractivity contribution in [2.45, 2.75) is 19.8 Å². The van der Waals surface area contributed by atoms with Gasteiger partial charge in [0.1, 0.15) is 6.54 Å². The molecule has 1 heterocycles. The molecular formula is C27H28N2O3. The number of carbonyl (C=O) groups excluding carboxylic acids is 1. The van der Waals surface area contributed by atoms with Crippen molar-refractivity contribution in [3.63, 3.8) is 0 Å². The molecule has 5 heteroatoms. The monoisotopic (exact) mass is 428 g/mol. The number of methoxy groups -OCH3 is 2. The molecule has 0 N–H and O–H groups in total. The largest absolute Gasteiger partial charge is 0.493 e. The van der Waals surface area contributed by atoms with Gasteiger partial charge in [0.05, 0.1) is 25.6 Å². The van der Waals surface area contributed by atoms with E-state index in [0.29, 0.717) is 18.0 Å². The fourth-order valence-corrected chi connectivity index (χ4v) is 4.09. The van der Waals surface area contributed by atoms with Crippen LogP contribution < -0.4 is 14.4 Å². The van der Waals surface area contributed by atoms with Gasteiger partial charge in [0.25, 0.3) is 0 Å². The number of hydrogen-bond acceptors (Lipinski definition) is 4. The quantitative estimate of drug-likeness (QED) is 0.548. The summed E-state index contributed by atoms with van der Waals surface area (Å²) in [5, 5.41) is 0. The molecule has 0 saturated carbocycles. The Balaban J connectivity index is 1.67. The average molecular weight is 429 g/mol. The molecule has 0 aliphatic carbocycles. The van der Waals surface area contributed by atoms with Crippen molar-refractivity contribution in [3.8, 4) is 11.5 Å². The third-order valence-corrected chi connectivity index (χ3v) is 5.81. The van der Waals surface area contributed by atoms with Crippen molar-refractivity contribution in [1.29, 1.82) is 0 Å². The molecule has 0 aromatic heterocycles. The lowest BCUT2D eigenvalue weighted by Gasteiger charge is -2.23. The van der Waals surface area contributed by atoms with Gasteiger partial charge in [0.2, 0.25) is 5.91 Å². The molecule has 0 radical (unpaired) electrons. The van der Waals surface area contributed by atoms with E-state index in [-0.39, 0.29) is 12.5 Å². The van der Waals surface area contributed by atoms with Crippen molar-refractivity contribution < 1.29 is 14.3 Å². The van der Waals surface area contributed by atoms with Crippen LogP contribution in [0.15, 0.2) is 71.7 Å². The lowest BCUT2D eigenvalue weighted by atomic mass is 9.97. The van der Waals surface area contributed by atoms with E-state index >= 15 is 0 Å². The Hall–Kier alpha value is -3.60. The number of benzodiazepines with no additional fused rings is 1. The van der Waals surface area contributed by atoms with Gasteiger partial charge in [-0.1, -0.05) is 54.6 Å². The molecule has 0 fully saturated rings. The van der Waals surface area contributed by atoms with Crippen LogP contribution in [0.2, 0.25) is 0 Å². The van der Waals surface area contributed by atoms with Gasteiger partial charge in [-0.15, -0.1) is 0 Å².